The van der Waals surface area contributed by atoms with Crippen LogP contribution in [0.15, 0.2) is 41.9 Å². The predicted molar refractivity (Wildman–Crippen MR) is 106 cm³/mol. The number of aliphatic hydroxyl groups is 1. The van der Waals surface area contributed by atoms with Crippen molar-refractivity contribution in [3.05, 3.63) is 59.1 Å². The zero-order valence-corrected chi connectivity index (χ0v) is 16.7. The van der Waals surface area contributed by atoms with Crippen molar-refractivity contribution in [2.45, 2.75) is 32.6 Å². The van der Waals surface area contributed by atoms with Gasteiger partial charge in [-0.25, -0.2) is 15.0 Å². The first-order valence-corrected chi connectivity index (χ1v) is 9.20. The SMILES string of the molecule is Cc1cc(C(C)N2Cc3c(ccnc3N=C(N)/C=C\O)C2=O)cnc1OCC(F)(F)F. The maximum atomic E-state index is 12.9. The maximum Gasteiger partial charge on any atom is 0.422 e. The van der Waals surface area contributed by atoms with Crippen molar-refractivity contribution in [2.24, 2.45) is 10.7 Å². The molecule has 164 valence electrons. The zero-order valence-electron chi connectivity index (χ0n) is 16.7. The Bertz CT molecular complexity index is 1050. The standard InChI is InChI=1S/C20H20F3N5O3/c1-11-7-13(8-26-18(11)31-10-20(21,22)23)12(2)28-9-15-14(19(28)30)3-5-25-17(15)27-16(24)4-6-29/h3-8,12,29H,9-10H2,1-2H3,(H2,24,25,27)/b6-4-. The Morgan fingerprint density at radius 3 is 2.84 bits per heavy atom. The minimum Gasteiger partial charge on any atom is -0.515 e. The quantitative estimate of drug-likeness (QED) is 0.408. The van der Waals surface area contributed by atoms with E-state index in [1.807, 2.05) is 0 Å². The molecule has 0 bridgehead atoms. The highest BCUT2D eigenvalue weighted by Gasteiger charge is 2.34. The minimum atomic E-state index is -4.46. The van der Waals surface area contributed by atoms with E-state index in [9.17, 15) is 18.0 Å². The summed E-state index contributed by atoms with van der Waals surface area (Å²) in [4.78, 5) is 26.8. The number of aliphatic hydroxyl groups excluding tert-OH is 1. The number of fused-ring (bicyclic) bond motifs is 1. The van der Waals surface area contributed by atoms with Crippen molar-refractivity contribution in [3.8, 4) is 5.88 Å². The number of alkyl halides is 3. The van der Waals surface area contributed by atoms with E-state index in [1.165, 1.54) is 18.5 Å². The molecule has 8 nitrogen and oxygen atoms in total. The number of aliphatic imine (C=N–C) groups is 1. The minimum absolute atomic E-state index is 0.0246. The summed E-state index contributed by atoms with van der Waals surface area (Å²) >= 11 is 0. The first-order valence-electron chi connectivity index (χ1n) is 9.20. The Kier molecular flexibility index (Phi) is 6.14. The summed E-state index contributed by atoms with van der Waals surface area (Å²) < 4.78 is 41.9. The molecule has 11 heteroatoms. The molecule has 0 aromatic carbocycles. The van der Waals surface area contributed by atoms with Gasteiger partial charge < -0.3 is 20.5 Å². The highest BCUT2D eigenvalue weighted by atomic mass is 19.4. The van der Waals surface area contributed by atoms with Crippen LogP contribution in [0.5, 0.6) is 5.88 Å². The van der Waals surface area contributed by atoms with Crippen LogP contribution in [0.4, 0.5) is 19.0 Å². The average Bonchev–Trinajstić information content (AvgIpc) is 3.04. The lowest BCUT2D eigenvalue weighted by molar-refractivity contribution is -0.154. The number of aromatic nitrogens is 2. The molecule has 0 aliphatic carbocycles. The summed E-state index contributed by atoms with van der Waals surface area (Å²) in [6, 6.07) is 2.80. The fourth-order valence-corrected chi connectivity index (χ4v) is 3.17. The number of amides is 1. The van der Waals surface area contributed by atoms with Gasteiger partial charge in [0.05, 0.1) is 18.8 Å². The molecule has 2 aromatic rings. The predicted octanol–water partition coefficient (Wildman–Crippen LogP) is 3.50. The largest absolute Gasteiger partial charge is 0.515 e. The van der Waals surface area contributed by atoms with Crippen molar-refractivity contribution >= 4 is 17.6 Å². The molecular weight excluding hydrogens is 415 g/mol. The van der Waals surface area contributed by atoms with Gasteiger partial charge in [-0.05, 0) is 31.5 Å². The summed E-state index contributed by atoms with van der Waals surface area (Å²) in [6.45, 7) is 2.16. The molecule has 0 saturated heterocycles. The number of aryl methyl sites for hydroxylation is 1. The number of carbonyl (C=O) groups excluding carboxylic acids is 1. The van der Waals surface area contributed by atoms with Gasteiger partial charge in [0.25, 0.3) is 5.91 Å². The van der Waals surface area contributed by atoms with Crippen LogP contribution in [0.1, 0.15) is 40.0 Å². The molecule has 3 N–H and O–H groups in total. The van der Waals surface area contributed by atoms with Crippen molar-refractivity contribution in [1.29, 1.82) is 0 Å². The maximum absolute atomic E-state index is 12.9. The van der Waals surface area contributed by atoms with Crippen LogP contribution in [0.25, 0.3) is 0 Å². The van der Waals surface area contributed by atoms with Gasteiger partial charge in [-0.15, -0.1) is 0 Å². The van der Waals surface area contributed by atoms with Crippen molar-refractivity contribution < 1.29 is 27.8 Å². The Balaban J connectivity index is 1.83. The molecule has 2 aromatic heterocycles. The van der Waals surface area contributed by atoms with Gasteiger partial charge >= 0.3 is 6.18 Å². The third-order valence-corrected chi connectivity index (χ3v) is 4.71. The number of ether oxygens (including phenoxy) is 1. The first-order chi connectivity index (χ1) is 14.6. The molecule has 0 spiro atoms. The molecule has 31 heavy (non-hydrogen) atoms. The Labute approximate surface area is 175 Å². The fraction of sp³-hybridized carbons (Fsp3) is 0.300. The number of rotatable bonds is 6. The fourth-order valence-electron chi connectivity index (χ4n) is 3.17. The molecule has 3 heterocycles. The van der Waals surface area contributed by atoms with Crippen LogP contribution < -0.4 is 10.5 Å². The van der Waals surface area contributed by atoms with E-state index >= 15 is 0 Å². The molecule has 3 rings (SSSR count). The molecule has 1 aliphatic heterocycles. The zero-order chi connectivity index (χ0) is 22.8. The number of halogens is 3. The average molecular weight is 435 g/mol. The van der Waals surface area contributed by atoms with Gasteiger partial charge in [-0.3, -0.25) is 4.79 Å². The molecular formula is C20H20F3N5O3. The number of hydrogen-bond donors (Lipinski definition) is 2. The van der Waals surface area contributed by atoms with E-state index in [-0.39, 0.29) is 30.0 Å². The molecule has 0 fully saturated rings. The summed E-state index contributed by atoms with van der Waals surface area (Å²) in [7, 11) is 0. The van der Waals surface area contributed by atoms with Crippen LogP contribution in [-0.4, -0.2) is 44.5 Å². The third-order valence-electron chi connectivity index (χ3n) is 4.71. The van der Waals surface area contributed by atoms with Crippen molar-refractivity contribution in [2.75, 3.05) is 6.61 Å². The van der Waals surface area contributed by atoms with E-state index in [4.69, 9.17) is 15.6 Å². The van der Waals surface area contributed by atoms with Crippen molar-refractivity contribution in [3.63, 3.8) is 0 Å². The van der Waals surface area contributed by atoms with Gasteiger partial charge in [-0.2, -0.15) is 13.2 Å². The van der Waals surface area contributed by atoms with E-state index in [0.29, 0.717) is 22.3 Å². The number of pyridine rings is 2. The van der Waals surface area contributed by atoms with E-state index in [1.54, 1.807) is 30.9 Å². The van der Waals surface area contributed by atoms with E-state index < -0.39 is 18.8 Å². The van der Waals surface area contributed by atoms with Gasteiger partial charge in [0, 0.05) is 35.2 Å². The molecule has 0 radical (unpaired) electrons. The summed E-state index contributed by atoms with van der Waals surface area (Å²) in [6.07, 6.45) is 0.311. The number of hydrogen-bond acceptors (Lipinski definition) is 6. The molecule has 0 saturated carbocycles. The van der Waals surface area contributed by atoms with Crippen LogP contribution in [-0.2, 0) is 6.54 Å². The second kappa shape index (κ2) is 8.62. The second-order valence-corrected chi connectivity index (χ2v) is 6.92. The van der Waals surface area contributed by atoms with Crippen LogP contribution in [0.3, 0.4) is 0 Å². The van der Waals surface area contributed by atoms with Crippen LogP contribution in [0.2, 0.25) is 0 Å². The smallest absolute Gasteiger partial charge is 0.422 e. The lowest BCUT2D eigenvalue weighted by Gasteiger charge is -2.25. The number of amidine groups is 1. The Morgan fingerprint density at radius 1 is 1.45 bits per heavy atom. The summed E-state index contributed by atoms with van der Waals surface area (Å²) in [5.41, 5.74) is 7.76. The van der Waals surface area contributed by atoms with Gasteiger partial charge in [0.1, 0.15) is 5.84 Å². The molecule has 1 atom stereocenters. The highest BCUT2D eigenvalue weighted by Crippen LogP contribution is 2.35. The molecule has 1 aliphatic rings. The molecule has 1 amide bonds. The van der Waals surface area contributed by atoms with Gasteiger partial charge in [0.2, 0.25) is 5.88 Å². The monoisotopic (exact) mass is 435 g/mol. The lowest BCUT2D eigenvalue weighted by atomic mass is 10.1. The first kappa shape index (κ1) is 22.1. The number of carbonyl (C=O) groups is 1. The number of nitrogens with two attached hydrogens (primary N) is 1. The Hall–Kier alpha value is -3.63. The topological polar surface area (TPSA) is 114 Å². The van der Waals surface area contributed by atoms with E-state index in [0.717, 1.165) is 6.26 Å². The van der Waals surface area contributed by atoms with Gasteiger partial charge in [-0.1, -0.05) is 0 Å². The second-order valence-electron chi connectivity index (χ2n) is 6.92. The number of nitrogens with zero attached hydrogens (tertiary/aromatic N) is 4. The van der Waals surface area contributed by atoms with Gasteiger partial charge in [0.15, 0.2) is 12.4 Å². The lowest BCUT2D eigenvalue weighted by Crippen LogP contribution is -2.27. The van der Waals surface area contributed by atoms with Crippen LogP contribution in [0, 0.1) is 6.92 Å². The highest BCUT2D eigenvalue weighted by molar-refractivity contribution is 6.00. The van der Waals surface area contributed by atoms with Crippen LogP contribution >= 0.6 is 0 Å². The summed E-state index contributed by atoms with van der Waals surface area (Å²) in [5.74, 6) is -0.0665. The normalized spacial score (nSPS) is 15.5. The van der Waals surface area contributed by atoms with E-state index in [2.05, 4.69) is 15.0 Å². The van der Waals surface area contributed by atoms with Crippen molar-refractivity contribution in [1.82, 2.24) is 14.9 Å². The third kappa shape index (κ3) is 4.93. The Morgan fingerprint density at radius 2 is 2.19 bits per heavy atom. The summed E-state index contributed by atoms with van der Waals surface area (Å²) in [5, 5.41) is 8.81. The molecule has 1 unspecified atom stereocenters.